The van der Waals surface area contributed by atoms with Crippen LogP contribution in [0.3, 0.4) is 0 Å². The summed E-state index contributed by atoms with van der Waals surface area (Å²) in [5, 5.41) is 6.28. The Kier molecular flexibility index (Phi) is 8.72. The largest absolute Gasteiger partial charge is 0.492 e. The van der Waals surface area contributed by atoms with Gasteiger partial charge in [-0.25, -0.2) is 0 Å². The molecule has 0 aromatic heterocycles. The van der Waals surface area contributed by atoms with Crippen LogP contribution in [-0.4, -0.2) is 62.8 Å². The highest BCUT2D eigenvalue weighted by atomic mass is 16.5. The van der Waals surface area contributed by atoms with Crippen molar-refractivity contribution in [1.29, 1.82) is 0 Å². The molecule has 0 spiro atoms. The summed E-state index contributed by atoms with van der Waals surface area (Å²) < 4.78 is 11.3. The summed E-state index contributed by atoms with van der Waals surface area (Å²) in [5.41, 5.74) is 1.00. The zero-order valence-corrected chi connectivity index (χ0v) is 15.4. The zero-order valence-electron chi connectivity index (χ0n) is 15.4. The minimum atomic E-state index is 0.0287. The standard InChI is InChI=1S/C19H31N3O3/c1-3-22(4-2)10-12-25-18-8-6-5-7-16(18)14-21-19(23)13-17-15-24-11-9-20-17/h5-8,17,20H,3-4,9-15H2,1-2H3,(H,21,23). The fourth-order valence-electron chi connectivity index (χ4n) is 2.86. The number of carbonyl (C=O) groups excluding carboxylic acids is 1. The SMILES string of the molecule is CCN(CC)CCOc1ccccc1CNC(=O)CC1COCCN1. The van der Waals surface area contributed by atoms with Crippen LogP contribution >= 0.6 is 0 Å². The van der Waals surface area contributed by atoms with Crippen LogP contribution < -0.4 is 15.4 Å². The number of hydrogen-bond donors (Lipinski definition) is 2. The molecule has 6 heteroatoms. The molecule has 2 N–H and O–H groups in total. The van der Waals surface area contributed by atoms with Crippen molar-refractivity contribution >= 4 is 5.91 Å². The van der Waals surface area contributed by atoms with Gasteiger partial charge < -0.3 is 25.0 Å². The average Bonchev–Trinajstić information content (AvgIpc) is 2.65. The maximum atomic E-state index is 12.1. The summed E-state index contributed by atoms with van der Waals surface area (Å²) in [7, 11) is 0. The predicted molar refractivity (Wildman–Crippen MR) is 98.8 cm³/mol. The smallest absolute Gasteiger partial charge is 0.221 e. The average molecular weight is 349 g/mol. The van der Waals surface area contributed by atoms with Gasteiger partial charge in [0.1, 0.15) is 12.4 Å². The molecule has 140 valence electrons. The number of benzene rings is 1. The van der Waals surface area contributed by atoms with Crippen LogP contribution in [0.25, 0.3) is 0 Å². The van der Waals surface area contributed by atoms with Crippen molar-refractivity contribution in [2.45, 2.75) is 32.9 Å². The normalized spacial score (nSPS) is 17.5. The Balaban J connectivity index is 1.78. The van der Waals surface area contributed by atoms with Gasteiger partial charge in [0.25, 0.3) is 0 Å². The minimum absolute atomic E-state index is 0.0287. The summed E-state index contributed by atoms with van der Waals surface area (Å²) in [6.45, 7) is 10.5. The highest BCUT2D eigenvalue weighted by Crippen LogP contribution is 2.17. The molecule has 2 rings (SSSR count). The molecular formula is C19H31N3O3. The summed E-state index contributed by atoms with van der Waals surface area (Å²) in [6.07, 6.45) is 0.436. The Bertz CT molecular complexity index is 514. The van der Waals surface area contributed by atoms with E-state index in [2.05, 4.69) is 29.4 Å². The predicted octanol–water partition coefficient (Wildman–Crippen LogP) is 1.40. The quantitative estimate of drug-likeness (QED) is 0.669. The van der Waals surface area contributed by atoms with Crippen LogP contribution in [0.5, 0.6) is 5.75 Å². The second kappa shape index (κ2) is 11.1. The van der Waals surface area contributed by atoms with Crippen LogP contribution in [-0.2, 0) is 16.1 Å². The van der Waals surface area contributed by atoms with Crippen molar-refractivity contribution < 1.29 is 14.3 Å². The third kappa shape index (κ3) is 7.02. The number of morpholine rings is 1. The molecule has 1 aliphatic rings. The molecule has 1 atom stereocenters. The molecule has 0 aliphatic carbocycles. The van der Waals surface area contributed by atoms with Crippen LogP contribution in [0.15, 0.2) is 24.3 Å². The van der Waals surface area contributed by atoms with E-state index in [1.54, 1.807) is 0 Å². The first-order valence-electron chi connectivity index (χ1n) is 9.23. The van der Waals surface area contributed by atoms with Gasteiger partial charge in [0.05, 0.1) is 13.2 Å². The number of rotatable bonds is 10. The maximum Gasteiger partial charge on any atom is 0.221 e. The summed E-state index contributed by atoms with van der Waals surface area (Å²) in [5.74, 6) is 0.870. The molecule has 1 fully saturated rings. The molecule has 1 aromatic carbocycles. The molecule has 0 saturated carbocycles. The van der Waals surface area contributed by atoms with Crippen LogP contribution in [0.1, 0.15) is 25.8 Å². The van der Waals surface area contributed by atoms with E-state index in [9.17, 15) is 4.79 Å². The lowest BCUT2D eigenvalue weighted by Crippen LogP contribution is -2.44. The number of carbonyl (C=O) groups is 1. The van der Waals surface area contributed by atoms with Gasteiger partial charge in [-0.15, -0.1) is 0 Å². The van der Waals surface area contributed by atoms with Gasteiger partial charge in [-0.05, 0) is 19.2 Å². The molecule has 0 bridgehead atoms. The van der Waals surface area contributed by atoms with E-state index in [-0.39, 0.29) is 11.9 Å². The maximum absolute atomic E-state index is 12.1. The lowest BCUT2D eigenvalue weighted by atomic mass is 10.1. The van der Waals surface area contributed by atoms with Crippen molar-refractivity contribution in [3.05, 3.63) is 29.8 Å². The van der Waals surface area contributed by atoms with E-state index in [1.165, 1.54) is 0 Å². The number of amides is 1. The first-order valence-corrected chi connectivity index (χ1v) is 9.23. The molecule has 0 radical (unpaired) electrons. The number of ether oxygens (including phenoxy) is 2. The van der Waals surface area contributed by atoms with Gasteiger partial charge in [0, 0.05) is 37.7 Å². The molecular weight excluding hydrogens is 318 g/mol. The summed E-state index contributed by atoms with van der Waals surface area (Å²) in [4.78, 5) is 14.4. The van der Waals surface area contributed by atoms with Crippen LogP contribution in [0, 0.1) is 0 Å². The van der Waals surface area contributed by atoms with Gasteiger partial charge in [0.2, 0.25) is 5.91 Å². The molecule has 1 heterocycles. The molecule has 6 nitrogen and oxygen atoms in total. The number of para-hydroxylation sites is 1. The minimum Gasteiger partial charge on any atom is -0.492 e. The lowest BCUT2D eigenvalue weighted by Gasteiger charge is -2.23. The first kappa shape index (κ1) is 19.7. The molecule has 1 saturated heterocycles. The number of likely N-dealkylation sites (N-methyl/N-ethyl adjacent to an activating group) is 1. The Hall–Kier alpha value is -1.63. The monoisotopic (exact) mass is 349 g/mol. The molecule has 1 unspecified atom stereocenters. The van der Waals surface area contributed by atoms with Crippen molar-refractivity contribution in [3.63, 3.8) is 0 Å². The van der Waals surface area contributed by atoms with Gasteiger partial charge in [-0.3, -0.25) is 4.79 Å². The fourth-order valence-corrected chi connectivity index (χ4v) is 2.86. The summed E-state index contributed by atoms with van der Waals surface area (Å²) in [6, 6.07) is 7.99. The van der Waals surface area contributed by atoms with E-state index in [0.717, 1.165) is 44.1 Å². The topological polar surface area (TPSA) is 62.8 Å². The van der Waals surface area contributed by atoms with Gasteiger partial charge >= 0.3 is 0 Å². The second-order valence-corrected chi connectivity index (χ2v) is 6.19. The van der Waals surface area contributed by atoms with Crippen molar-refractivity contribution in [2.75, 3.05) is 46.0 Å². The molecule has 25 heavy (non-hydrogen) atoms. The number of nitrogens with zero attached hydrogens (tertiary/aromatic N) is 1. The molecule has 1 amide bonds. The van der Waals surface area contributed by atoms with Gasteiger partial charge in [-0.1, -0.05) is 32.0 Å². The van der Waals surface area contributed by atoms with Gasteiger partial charge in [-0.2, -0.15) is 0 Å². The highest BCUT2D eigenvalue weighted by Gasteiger charge is 2.16. The lowest BCUT2D eigenvalue weighted by molar-refractivity contribution is -0.122. The van der Waals surface area contributed by atoms with Gasteiger partial charge in [0.15, 0.2) is 0 Å². The second-order valence-electron chi connectivity index (χ2n) is 6.19. The van der Waals surface area contributed by atoms with E-state index in [0.29, 0.717) is 26.2 Å². The zero-order chi connectivity index (χ0) is 17.9. The summed E-state index contributed by atoms with van der Waals surface area (Å²) >= 11 is 0. The van der Waals surface area contributed by atoms with Crippen LogP contribution in [0.2, 0.25) is 0 Å². The van der Waals surface area contributed by atoms with Crippen molar-refractivity contribution in [3.8, 4) is 5.75 Å². The Labute approximate surface area is 150 Å². The molecule has 1 aromatic rings. The first-order chi connectivity index (χ1) is 12.2. The number of nitrogens with one attached hydrogen (secondary N) is 2. The molecule has 1 aliphatic heterocycles. The van der Waals surface area contributed by atoms with Crippen LogP contribution in [0.4, 0.5) is 0 Å². The third-order valence-corrected chi connectivity index (χ3v) is 4.44. The Morgan fingerprint density at radius 1 is 1.36 bits per heavy atom. The van der Waals surface area contributed by atoms with E-state index in [4.69, 9.17) is 9.47 Å². The van der Waals surface area contributed by atoms with E-state index < -0.39 is 0 Å². The van der Waals surface area contributed by atoms with Crippen molar-refractivity contribution in [2.24, 2.45) is 0 Å². The van der Waals surface area contributed by atoms with E-state index >= 15 is 0 Å². The van der Waals surface area contributed by atoms with Crippen molar-refractivity contribution in [1.82, 2.24) is 15.5 Å². The fraction of sp³-hybridized carbons (Fsp3) is 0.632. The van der Waals surface area contributed by atoms with E-state index in [1.807, 2.05) is 24.3 Å². The Morgan fingerprint density at radius 2 is 2.16 bits per heavy atom. The highest BCUT2D eigenvalue weighted by molar-refractivity contribution is 5.76. The third-order valence-electron chi connectivity index (χ3n) is 4.44. The Morgan fingerprint density at radius 3 is 2.88 bits per heavy atom. The number of hydrogen-bond acceptors (Lipinski definition) is 5.